The summed E-state index contributed by atoms with van der Waals surface area (Å²) in [5, 5.41) is 10.9. The van der Waals surface area contributed by atoms with Gasteiger partial charge in [-0.15, -0.1) is 0 Å². The Morgan fingerprint density at radius 1 is 1.54 bits per heavy atom. The average molecular weight is 200 g/mol. The zero-order valence-electron chi connectivity index (χ0n) is 7.50. The second-order valence-electron chi connectivity index (χ2n) is 2.83. The lowest BCUT2D eigenvalue weighted by atomic mass is 10.1. The quantitative estimate of drug-likeness (QED) is 0.543. The first-order valence-corrected chi connectivity index (χ1v) is 4.37. The van der Waals surface area contributed by atoms with Crippen LogP contribution in [0.15, 0.2) is 12.1 Å². The second-order valence-corrected chi connectivity index (χ2v) is 3.24. The van der Waals surface area contributed by atoms with Crippen LogP contribution < -0.4 is 0 Å². The highest BCUT2D eigenvalue weighted by atomic mass is 35.5. The van der Waals surface area contributed by atoms with Crippen molar-refractivity contribution in [2.45, 2.75) is 20.3 Å². The number of halogens is 1. The number of nitrogens with zero attached hydrogens (tertiary/aromatic N) is 1. The number of aryl methyl sites for hydroxylation is 1. The van der Waals surface area contributed by atoms with Crippen molar-refractivity contribution in [1.82, 2.24) is 0 Å². The molecular weight excluding hydrogens is 190 g/mol. The van der Waals surface area contributed by atoms with Gasteiger partial charge in [-0.2, -0.15) is 0 Å². The van der Waals surface area contributed by atoms with Gasteiger partial charge in [0, 0.05) is 12.1 Å². The van der Waals surface area contributed by atoms with Crippen LogP contribution in [0.2, 0.25) is 5.02 Å². The van der Waals surface area contributed by atoms with Gasteiger partial charge < -0.3 is 0 Å². The highest BCUT2D eigenvalue weighted by Gasteiger charge is 2.11. The van der Waals surface area contributed by atoms with Gasteiger partial charge in [0.05, 0.1) is 9.95 Å². The van der Waals surface area contributed by atoms with E-state index in [1.807, 2.05) is 13.8 Å². The zero-order chi connectivity index (χ0) is 10.0. The first-order chi connectivity index (χ1) is 6.06. The molecule has 13 heavy (non-hydrogen) atoms. The third-order valence-electron chi connectivity index (χ3n) is 1.97. The molecule has 70 valence electrons. The summed E-state index contributed by atoms with van der Waals surface area (Å²) in [4.78, 5) is 10.0. The zero-order valence-corrected chi connectivity index (χ0v) is 8.26. The van der Waals surface area contributed by atoms with E-state index in [2.05, 4.69) is 0 Å². The van der Waals surface area contributed by atoms with Crippen molar-refractivity contribution in [1.29, 1.82) is 0 Å². The molecule has 0 N–H and O–H groups in total. The Morgan fingerprint density at radius 3 is 2.54 bits per heavy atom. The van der Waals surface area contributed by atoms with E-state index in [0.717, 1.165) is 17.5 Å². The molecule has 0 fully saturated rings. The summed E-state index contributed by atoms with van der Waals surface area (Å²) >= 11 is 5.87. The van der Waals surface area contributed by atoms with E-state index in [1.54, 1.807) is 6.07 Å². The van der Waals surface area contributed by atoms with Crippen molar-refractivity contribution in [2.75, 3.05) is 0 Å². The fourth-order valence-electron chi connectivity index (χ4n) is 1.31. The van der Waals surface area contributed by atoms with E-state index in [1.165, 1.54) is 6.07 Å². The molecular formula is C9H10ClNO2. The minimum absolute atomic E-state index is 0.0553. The molecule has 0 bridgehead atoms. The van der Waals surface area contributed by atoms with Crippen LogP contribution in [0, 0.1) is 17.0 Å². The average Bonchev–Trinajstić information content (AvgIpc) is 2.03. The van der Waals surface area contributed by atoms with Gasteiger partial charge in [-0.05, 0) is 24.5 Å². The van der Waals surface area contributed by atoms with Gasteiger partial charge in [-0.1, -0.05) is 18.5 Å². The molecule has 0 saturated heterocycles. The topological polar surface area (TPSA) is 43.1 Å². The molecule has 0 aliphatic carbocycles. The molecule has 0 amide bonds. The number of nitro groups is 1. The van der Waals surface area contributed by atoms with Crippen LogP contribution in [0.25, 0.3) is 0 Å². The maximum atomic E-state index is 10.5. The lowest BCUT2D eigenvalue weighted by Crippen LogP contribution is -1.93. The van der Waals surface area contributed by atoms with Gasteiger partial charge in [-0.25, -0.2) is 0 Å². The van der Waals surface area contributed by atoms with Crippen LogP contribution in [0.1, 0.15) is 18.1 Å². The smallest absolute Gasteiger partial charge is 0.258 e. The molecule has 0 unspecified atom stereocenters. The van der Waals surface area contributed by atoms with Crippen molar-refractivity contribution in [3.8, 4) is 0 Å². The number of non-ortho nitro benzene ring substituents is 1. The highest BCUT2D eigenvalue weighted by Crippen LogP contribution is 2.26. The fraction of sp³-hybridized carbons (Fsp3) is 0.333. The van der Waals surface area contributed by atoms with E-state index < -0.39 is 4.92 Å². The summed E-state index contributed by atoms with van der Waals surface area (Å²) in [5.74, 6) is 0. The minimum atomic E-state index is -0.432. The Hall–Kier alpha value is -1.09. The highest BCUT2D eigenvalue weighted by molar-refractivity contribution is 6.31. The first-order valence-electron chi connectivity index (χ1n) is 3.99. The summed E-state index contributed by atoms with van der Waals surface area (Å²) < 4.78 is 0. The van der Waals surface area contributed by atoms with Crippen LogP contribution in [-0.4, -0.2) is 4.92 Å². The SMILES string of the molecule is CCc1c(C)cc([N+](=O)[O-])cc1Cl. The van der Waals surface area contributed by atoms with Crippen LogP contribution >= 0.6 is 11.6 Å². The van der Waals surface area contributed by atoms with Crippen LogP contribution in [0.3, 0.4) is 0 Å². The van der Waals surface area contributed by atoms with Gasteiger partial charge in [0.2, 0.25) is 0 Å². The minimum Gasteiger partial charge on any atom is -0.258 e. The van der Waals surface area contributed by atoms with Crippen LogP contribution in [0.4, 0.5) is 5.69 Å². The Bertz CT molecular complexity index is 326. The van der Waals surface area contributed by atoms with Crippen molar-refractivity contribution >= 4 is 17.3 Å². The monoisotopic (exact) mass is 199 g/mol. The van der Waals surface area contributed by atoms with E-state index in [-0.39, 0.29) is 5.69 Å². The van der Waals surface area contributed by atoms with E-state index >= 15 is 0 Å². The summed E-state index contributed by atoms with van der Waals surface area (Å²) in [5.41, 5.74) is 1.91. The molecule has 0 heterocycles. The molecule has 4 heteroatoms. The number of nitro benzene ring substituents is 1. The maximum absolute atomic E-state index is 10.5. The lowest BCUT2D eigenvalue weighted by Gasteiger charge is -2.04. The standard InChI is InChI=1S/C9H10ClNO2/c1-3-8-6(2)4-7(11(12)13)5-9(8)10/h4-5H,3H2,1-2H3. The molecule has 0 aliphatic rings. The summed E-state index contributed by atoms with van der Waals surface area (Å²) in [7, 11) is 0. The van der Waals surface area contributed by atoms with E-state index in [0.29, 0.717) is 5.02 Å². The Morgan fingerprint density at radius 2 is 2.15 bits per heavy atom. The normalized spacial score (nSPS) is 10.1. The van der Waals surface area contributed by atoms with Crippen molar-refractivity contribution < 1.29 is 4.92 Å². The molecule has 0 aliphatic heterocycles. The van der Waals surface area contributed by atoms with Gasteiger partial charge in [0.25, 0.3) is 5.69 Å². The Balaban J connectivity index is 3.28. The predicted molar refractivity (Wildman–Crippen MR) is 52.2 cm³/mol. The summed E-state index contributed by atoms with van der Waals surface area (Å²) in [6.07, 6.45) is 0.794. The Labute approximate surface area is 81.5 Å². The molecule has 0 radical (unpaired) electrons. The molecule has 1 rings (SSSR count). The predicted octanol–water partition coefficient (Wildman–Crippen LogP) is 3.12. The molecule has 1 aromatic carbocycles. The molecule has 0 aromatic heterocycles. The summed E-state index contributed by atoms with van der Waals surface area (Å²) in [6, 6.07) is 2.94. The largest absolute Gasteiger partial charge is 0.271 e. The van der Waals surface area contributed by atoms with Gasteiger partial charge in [-0.3, -0.25) is 10.1 Å². The van der Waals surface area contributed by atoms with Gasteiger partial charge >= 0.3 is 0 Å². The van der Waals surface area contributed by atoms with Crippen molar-refractivity contribution in [2.24, 2.45) is 0 Å². The number of benzene rings is 1. The summed E-state index contributed by atoms with van der Waals surface area (Å²) in [6.45, 7) is 3.80. The molecule has 0 saturated carbocycles. The van der Waals surface area contributed by atoms with Crippen molar-refractivity contribution in [3.63, 3.8) is 0 Å². The van der Waals surface area contributed by atoms with Gasteiger partial charge in [0.1, 0.15) is 0 Å². The Kier molecular flexibility index (Phi) is 2.88. The maximum Gasteiger partial charge on any atom is 0.271 e. The molecule has 3 nitrogen and oxygen atoms in total. The molecule has 0 atom stereocenters. The third-order valence-corrected chi connectivity index (χ3v) is 2.30. The number of hydrogen-bond donors (Lipinski definition) is 0. The molecule has 1 aromatic rings. The number of hydrogen-bond acceptors (Lipinski definition) is 2. The van der Waals surface area contributed by atoms with Crippen LogP contribution in [-0.2, 0) is 6.42 Å². The van der Waals surface area contributed by atoms with E-state index in [9.17, 15) is 10.1 Å². The molecule has 0 spiro atoms. The van der Waals surface area contributed by atoms with Gasteiger partial charge in [0.15, 0.2) is 0 Å². The van der Waals surface area contributed by atoms with Crippen LogP contribution in [0.5, 0.6) is 0 Å². The number of rotatable bonds is 2. The third kappa shape index (κ3) is 1.98. The second kappa shape index (κ2) is 3.75. The lowest BCUT2D eigenvalue weighted by molar-refractivity contribution is -0.384. The fourth-order valence-corrected chi connectivity index (χ4v) is 1.70. The van der Waals surface area contributed by atoms with Crippen molar-refractivity contribution in [3.05, 3.63) is 38.4 Å². The first kappa shape index (κ1) is 9.99. The van der Waals surface area contributed by atoms with E-state index in [4.69, 9.17) is 11.6 Å².